The maximum atomic E-state index is 12.1. The van der Waals surface area contributed by atoms with Crippen LogP contribution in [0.2, 0.25) is 0 Å². The smallest absolute Gasteiger partial charge is 0.328 e. The Balaban J connectivity index is 1.71. The number of likely N-dealkylation sites (N-methyl/N-ethyl adjacent to an activating group) is 1. The number of benzene rings is 1. The van der Waals surface area contributed by atoms with E-state index in [2.05, 4.69) is 39.0 Å². The number of nitrogens with zero attached hydrogens (tertiary/aromatic N) is 4. The van der Waals surface area contributed by atoms with E-state index in [0.717, 1.165) is 42.8 Å². The van der Waals surface area contributed by atoms with Crippen molar-refractivity contribution >= 4 is 34.2 Å². The number of anilines is 2. The zero-order valence-corrected chi connectivity index (χ0v) is 14.7. The summed E-state index contributed by atoms with van der Waals surface area (Å²) in [5.74, 6) is -0.208. The first-order valence-electron chi connectivity index (χ1n) is 8.67. The quantitative estimate of drug-likeness (QED) is 0.896. The second kappa shape index (κ2) is 6.07. The number of carbonyl (C=O) groups excluding carboxylic acids is 2. The van der Waals surface area contributed by atoms with Crippen molar-refractivity contribution in [1.29, 1.82) is 0 Å². The molecule has 132 valence electrons. The Morgan fingerprint density at radius 3 is 2.48 bits per heavy atom. The first-order chi connectivity index (χ1) is 12.0. The molecule has 3 amide bonds. The molecule has 0 atom stereocenters. The summed E-state index contributed by atoms with van der Waals surface area (Å²) in [6, 6.07) is 5.73. The zero-order valence-electron chi connectivity index (χ0n) is 14.7. The first kappa shape index (κ1) is 16.0. The van der Waals surface area contributed by atoms with Gasteiger partial charge >= 0.3 is 6.03 Å². The van der Waals surface area contributed by atoms with Crippen LogP contribution in [0.3, 0.4) is 0 Å². The molecule has 0 bridgehead atoms. The number of piperazine rings is 1. The summed E-state index contributed by atoms with van der Waals surface area (Å²) in [6.45, 7) is 4.52. The van der Waals surface area contributed by atoms with E-state index in [1.54, 1.807) is 4.90 Å². The monoisotopic (exact) mass is 341 g/mol. The Morgan fingerprint density at radius 1 is 1.00 bits per heavy atom. The minimum Gasteiger partial charge on any atom is -0.367 e. The van der Waals surface area contributed by atoms with Crippen molar-refractivity contribution in [3.8, 4) is 0 Å². The molecule has 3 heterocycles. The minimum atomic E-state index is -0.340. The summed E-state index contributed by atoms with van der Waals surface area (Å²) >= 11 is 0. The van der Waals surface area contributed by atoms with E-state index in [4.69, 9.17) is 0 Å². The van der Waals surface area contributed by atoms with Gasteiger partial charge in [0.1, 0.15) is 0 Å². The van der Waals surface area contributed by atoms with Gasteiger partial charge in [-0.1, -0.05) is 0 Å². The number of rotatable bonds is 2. The molecule has 0 unspecified atom stereocenters. The number of nitrogens with one attached hydrogen (secondary N) is 1. The van der Waals surface area contributed by atoms with Gasteiger partial charge in [0.15, 0.2) is 0 Å². The van der Waals surface area contributed by atoms with Crippen molar-refractivity contribution in [2.24, 2.45) is 7.05 Å². The molecule has 1 aromatic heterocycles. The number of aromatic nitrogens is 1. The van der Waals surface area contributed by atoms with E-state index >= 15 is 0 Å². The van der Waals surface area contributed by atoms with Gasteiger partial charge in [-0.25, -0.2) is 4.79 Å². The third-order valence-corrected chi connectivity index (χ3v) is 5.16. The van der Waals surface area contributed by atoms with Crippen LogP contribution in [0.25, 0.3) is 10.9 Å². The van der Waals surface area contributed by atoms with Crippen molar-refractivity contribution in [1.82, 2.24) is 14.8 Å². The highest BCUT2D eigenvalue weighted by atomic mass is 16.2. The van der Waals surface area contributed by atoms with Gasteiger partial charge in [0, 0.05) is 63.5 Å². The van der Waals surface area contributed by atoms with E-state index in [1.807, 2.05) is 19.2 Å². The second-order valence-corrected chi connectivity index (χ2v) is 6.87. The first-order valence-corrected chi connectivity index (χ1v) is 8.67. The molecule has 0 aliphatic carbocycles. The van der Waals surface area contributed by atoms with Crippen LogP contribution in [-0.4, -0.2) is 61.2 Å². The Labute approximate surface area is 146 Å². The lowest BCUT2D eigenvalue weighted by Crippen LogP contribution is -2.49. The highest BCUT2D eigenvalue weighted by Crippen LogP contribution is 2.33. The van der Waals surface area contributed by atoms with E-state index in [-0.39, 0.29) is 11.9 Å². The van der Waals surface area contributed by atoms with Crippen LogP contribution in [0.5, 0.6) is 0 Å². The highest BCUT2D eigenvalue weighted by molar-refractivity contribution is 6.07. The normalized spacial score (nSPS) is 19.6. The van der Waals surface area contributed by atoms with E-state index in [1.165, 1.54) is 5.69 Å². The molecule has 2 fully saturated rings. The number of hydrogen-bond acceptors (Lipinski definition) is 4. The Hall–Kier alpha value is -2.54. The highest BCUT2D eigenvalue weighted by Gasteiger charge is 2.25. The molecule has 2 aliphatic heterocycles. The molecular weight excluding hydrogens is 318 g/mol. The van der Waals surface area contributed by atoms with Gasteiger partial charge in [-0.15, -0.1) is 0 Å². The van der Waals surface area contributed by atoms with Gasteiger partial charge in [0.05, 0.1) is 11.2 Å². The van der Waals surface area contributed by atoms with Crippen LogP contribution in [-0.2, 0) is 11.8 Å². The van der Waals surface area contributed by atoms with E-state index in [9.17, 15) is 9.59 Å². The lowest BCUT2D eigenvalue weighted by Gasteiger charge is -2.33. The summed E-state index contributed by atoms with van der Waals surface area (Å²) < 4.78 is 2.13. The maximum Gasteiger partial charge on any atom is 0.328 e. The fourth-order valence-corrected chi connectivity index (χ4v) is 3.64. The largest absolute Gasteiger partial charge is 0.367 e. The van der Waals surface area contributed by atoms with Gasteiger partial charge < -0.3 is 14.4 Å². The average molecular weight is 341 g/mol. The third-order valence-electron chi connectivity index (χ3n) is 5.16. The van der Waals surface area contributed by atoms with Gasteiger partial charge in [-0.3, -0.25) is 15.0 Å². The Morgan fingerprint density at radius 2 is 1.76 bits per heavy atom. The van der Waals surface area contributed by atoms with Crippen LogP contribution in [0, 0.1) is 0 Å². The number of urea groups is 1. The van der Waals surface area contributed by atoms with Crippen LogP contribution in [0.15, 0.2) is 24.4 Å². The fraction of sp³-hybridized carbons (Fsp3) is 0.444. The lowest BCUT2D eigenvalue weighted by molar-refractivity contribution is -0.120. The van der Waals surface area contributed by atoms with E-state index < -0.39 is 0 Å². The topological polar surface area (TPSA) is 60.8 Å². The molecule has 2 saturated heterocycles. The predicted molar refractivity (Wildman–Crippen MR) is 98.1 cm³/mol. The number of fused-ring (bicyclic) bond motifs is 1. The second-order valence-electron chi connectivity index (χ2n) is 6.87. The summed E-state index contributed by atoms with van der Waals surface area (Å²) in [7, 11) is 4.20. The molecule has 1 aromatic carbocycles. The number of carbonyl (C=O) groups is 2. The molecule has 0 radical (unpaired) electrons. The van der Waals surface area contributed by atoms with Gasteiger partial charge in [0.25, 0.3) is 0 Å². The fourth-order valence-electron chi connectivity index (χ4n) is 3.64. The van der Waals surface area contributed by atoms with E-state index in [0.29, 0.717) is 13.0 Å². The molecule has 1 N–H and O–H groups in total. The number of imide groups is 1. The minimum absolute atomic E-state index is 0.208. The van der Waals surface area contributed by atoms with Gasteiger partial charge in [-0.05, 0) is 25.2 Å². The van der Waals surface area contributed by atoms with Crippen molar-refractivity contribution in [2.75, 3.05) is 49.6 Å². The molecule has 7 nitrogen and oxygen atoms in total. The van der Waals surface area contributed by atoms with Crippen LogP contribution in [0.4, 0.5) is 16.2 Å². The zero-order chi connectivity index (χ0) is 17.6. The van der Waals surface area contributed by atoms with Crippen LogP contribution >= 0.6 is 0 Å². The van der Waals surface area contributed by atoms with Crippen molar-refractivity contribution in [2.45, 2.75) is 6.42 Å². The van der Waals surface area contributed by atoms with Gasteiger partial charge in [-0.2, -0.15) is 0 Å². The number of aryl methyl sites for hydroxylation is 1. The lowest BCUT2D eigenvalue weighted by atomic mass is 10.1. The average Bonchev–Trinajstić information content (AvgIpc) is 2.92. The summed E-state index contributed by atoms with van der Waals surface area (Å²) in [4.78, 5) is 29.9. The third kappa shape index (κ3) is 2.84. The molecule has 0 saturated carbocycles. The molecule has 4 rings (SSSR count). The summed E-state index contributed by atoms with van der Waals surface area (Å²) in [6.07, 6.45) is 2.50. The molecule has 2 aliphatic rings. The SMILES string of the molecule is CN1CCN(c2cn(C)c3ccc(N4CCC(=O)NC4=O)cc23)CC1. The van der Waals surface area contributed by atoms with Crippen molar-refractivity contribution in [3.05, 3.63) is 24.4 Å². The molecule has 7 heteroatoms. The standard InChI is InChI=1S/C18H23N5O2/c1-20-7-9-22(10-8-20)16-12-21(2)15-4-3-13(11-14(15)16)23-6-5-17(24)19-18(23)25/h3-4,11-12H,5-10H2,1-2H3,(H,19,24,25). The van der Waals surface area contributed by atoms with Crippen molar-refractivity contribution < 1.29 is 9.59 Å². The number of amides is 3. The predicted octanol–water partition coefficient (Wildman–Crippen LogP) is 1.38. The summed E-state index contributed by atoms with van der Waals surface area (Å²) in [5, 5.41) is 3.54. The molecule has 2 aromatic rings. The van der Waals surface area contributed by atoms with Crippen LogP contribution in [0.1, 0.15) is 6.42 Å². The Kier molecular flexibility index (Phi) is 3.88. The molecular formula is C18H23N5O2. The molecule has 0 spiro atoms. The van der Waals surface area contributed by atoms with Gasteiger partial charge in [0.2, 0.25) is 5.91 Å². The van der Waals surface area contributed by atoms with Crippen LogP contribution < -0.4 is 15.1 Å². The van der Waals surface area contributed by atoms with Crippen molar-refractivity contribution in [3.63, 3.8) is 0 Å². The Bertz CT molecular complexity index is 835. The maximum absolute atomic E-state index is 12.1. The summed E-state index contributed by atoms with van der Waals surface area (Å²) in [5.41, 5.74) is 3.19. The number of hydrogen-bond donors (Lipinski definition) is 1. The molecule has 25 heavy (non-hydrogen) atoms.